The molecule has 3 atom stereocenters. The highest BCUT2D eigenvalue weighted by molar-refractivity contribution is 5.61. The highest BCUT2D eigenvalue weighted by Crippen LogP contribution is 2.51. The molecule has 4 heteroatoms. The number of hydrogen-bond donors (Lipinski definition) is 1. The van der Waals surface area contributed by atoms with Gasteiger partial charge in [0, 0.05) is 11.6 Å². The van der Waals surface area contributed by atoms with Crippen LogP contribution in [0.1, 0.15) is 29.5 Å². The number of para-hydroxylation sites is 1. The summed E-state index contributed by atoms with van der Waals surface area (Å²) in [5, 5.41) is 3.73. The molecule has 0 spiro atoms. The molecule has 0 bridgehead atoms. The highest BCUT2D eigenvalue weighted by atomic mass is 16.5. The van der Waals surface area contributed by atoms with Crippen LogP contribution in [0.3, 0.4) is 0 Å². The topological polar surface area (TPSA) is 39.7 Å². The van der Waals surface area contributed by atoms with E-state index in [4.69, 9.17) is 14.2 Å². The summed E-state index contributed by atoms with van der Waals surface area (Å²) in [6.07, 6.45) is 5.70. The monoisotopic (exact) mass is 337 g/mol. The van der Waals surface area contributed by atoms with Crippen LogP contribution in [0.2, 0.25) is 0 Å². The van der Waals surface area contributed by atoms with Gasteiger partial charge < -0.3 is 19.5 Å². The second-order valence-electron chi connectivity index (χ2n) is 6.52. The van der Waals surface area contributed by atoms with Crippen molar-refractivity contribution in [2.75, 3.05) is 26.6 Å². The Hall–Kier alpha value is -2.62. The van der Waals surface area contributed by atoms with E-state index >= 15 is 0 Å². The van der Waals surface area contributed by atoms with Crippen molar-refractivity contribution in [3.8, 4) is 17.2 Å². The predicted molar refractivity (Wildman–Crippen MR) is 98.9 cm³/mol. The molecule has 0 radical (unpaired) electrons. The average Bonchev–Trinajstić information content (AvgIpc) is 3.16. The van der Waals surface area contributed by atoms with Crippen molar-refractivity contribution in [2.24, 2.45) is 5.92 Å². The Morgan fingerprint density at radius 3 is 2.36 bits per heavy atom. The number of nitrogens with one attached hydrogen (secondary N) is 1. The number of hydrogen-bond acceptors (Lipinski definition) is 4. The number of anilines is 1. The number of allylic oxidation sites excluding steroid dienone is 2. The first-order chi connectivity index (χ1) is 12.3. The Balaban J connectivity index is 1.80. The number of fused-ring (bicyclic) bond motifs is 3. The van der Waals surface area contributed by atoms with Crippen LogP contribution in [0.4, 0.5) is 5.69 Å². The van der Waals surface area contributed by atoms with Gasteiger partial charge in [-0.25, -0.2) is 0 Å². The van der Waals surface area contributed by atoms with E-state index in [2.05, 4.69) is 53.9 Å². The third kappa shape index (κ3) is 2.53. The summed E-state index contributed by atoms with van der Waals surface area (Å²) in [5.74, 6) is 2.95. The Morgan fingerprint density at radius 1 is 0.960 bits per heavy atom. The Morgan fingerprint density at radius 2 is 1.68 bits per heavy atom. The minimum atomic E-state index is 0.198. The van der Waals surface area contributed by atoms with Crippen molar-refractivity contribution in [3.05, 3.63) is 59.7 Å². The van der Waals surface area contributed by atoms with Crippen LogP contribution in [-0.2, 0) is 0 Å². The molecule has 4 nitrogen and oxygen atoms in total. The predicted octanol–water partition coefficient (Wildman–Crippen LogP) is 4.54. The van der Waals surface area contributed by atoms with Crippen LogP contribution in [0.15, 0.2) is 48.6 Å². The van der Waals surface area contributed by atoms with E-state index in [0.717, 1.165) is 12.0 Å². The maximum atomic E-state index is 5.54. The van der Waals surface area contributed by atoms with Crippen LogP contribution in [0.5, 0.6) is 17.2 Å². The first-order valence-electron chi connectivity index (χ1n) is 8.59. The van der Waals surface area contributed by atoms with Crippen LogP contribution in [0.25, 0.3) is 0 Å². The summed E-state index contributed by atoms with van der Waals surface area (Å²) in [7, 11) is 4.95. The van der Waals surface area contributed by atoms with Gasteiger partial charge in [-0.05, 0) is 41.7 Å². The SMILES string of the molecule is COc1cc([C@@H]2Nc3ccccc3[C@@H]3C=CC[C@@H]32)cc(OC)c1OC. The van der Waals surface area contributed by atoms with Gasteiger partial charge in [-0.3, -0.25) is 0 Å². The molecule has 0 saturated heterocycles. The average molecular weight is 337 g/mol. The van der Waals surface area contributed by atoms with E-state index in [0.29, 0.717) is 29.1 Å². The van der Waals surface area contributed by atoms with E-state index in [9.17, 15) is 0 Å². The van der Waals surface area contributed by atoms with Gasteiger partial charge in [0.05, 0.1) is 27.4 Å². The van der Waals surface area contributed by atoms with Gasteiger partial charge >= 0.3 is 0 Å². The quantitative estimate of drug-likeness (QED) is 0.832. The lowest BCUT2D eigenvalue weighted by molar-refractivity contribution is 0.322. The summed E-state index contributed by atoms with van der Waals surface area (Å²) in [4.78, 5) is 0. The molecule has 2 aromatic rings. The number of methoxy groups -OCH3 is 3. The molecule has 0 aromatic heterocycles. The Kier molecular flexibility index (Phi) is 4.04. The first-order valence-corrected chi connectivity index (χ1v) is 8.59. The van der Waals surface area contributed by atoms with Crippen molar-refractivity contribution < 1.29 is 14.2 Å². The van der Waals surface area contributed by atoms with Crippen molar-refractivity contribution in [1.82, 2.24) is 0 Å². The fourth-order valence-electron chi connectivity index (χ4n) is 4.15. The minimum absolute atomic E-state index is 0.198. The zero-order chi connectivity index (χ0) is 17.4. The second-order valence-corrected chi connectivity index (χ2v) is 6.52. The molecule has 1 aliphatic carbocycles. The Bertz CT molecular complexity index is 790. The largest absolute Gasteiger partial charge is 0.493 e. The molecule has 130 valence electrons. The molecule has 1 aliphatic heterocycles. The Labute approximate surface area is 148 Å². The lowest BCUT2D eigenvalue weighted by atomic mass is 9.77. The molecule has 0 fully saturated rings. The summed E-state index contributed by atoms with van der Waals surface area (Å²) >= 11 is 0. The van der Waals surface area contributed by atoms with Gasteiger partial charge in [-0.2, -0.15) is 0 Å². The van der Waals surface area contributed by atoms with Crippen molar-refractivity contribution >= 4 is 5.69 Å². The van der Waals surface area contributed by atoms with Gasteiger partial charge in [0.25, 0.3) is 0 Å². The first kappa shape index (κ1) is 15.9. The molecular weight excluding hydrogens is 314 g/mol. The van der Waals surface area contributed by atoms with Gasteiger partial charge in [0.1, 0.15) is 0 Å². The van der Waals surface area contributed by atoms with Crippen LogP contribution in [0, 0.1) is 5.92 Å². The standard InChI is InChI=1S/C21H23NO3/c1-23-18-11-13(12-19(24-2)21(18)25-3)20-16-9-6-8-14(16)15-7-4-5-10-17(15)22-20/h4-8,10-12,14,16,20,22H,9H2,1-3H3/t14-,16-,20-/m0/s1. The highest BCUT2D eigenvalue weighted by Gasteiger charge is 2.38. The van der Waals surface area contributed by atoms with E-state index in [1.165, 1.54) is 11.3 Å². The number of ether oxygens (including phenoxy) is 3. The van der Waals surface area contributed by atoms with Gasteiger partial charge in [0.15, 0.2) is 11.5 Å². The normalized spacial score (nSPS) is 23.4. The molecule has 25 heavy (non-hydrogen) atoms. The van der Waals surface area contributed by atoms with Crippen molar-refractivity contribution in [1.29, 1.82) is 0 Å². The third-order valence-corrected chi connectivity index (χ3v) is 5.32. The molecule has 4 rings (SSSR count). The molecule has 1 N–H and O–H groups in total. The third-order valence-electron chi connectivity index (χ3n) is 5.32. The molecule has 2 aliphatic rings. The lowest BCUT2D eigenvalue weighted by Gasteiger charge is -2.37. The second kappa shape index (κ2) is 6.36. The molecular formula is C21H23NO3. The van der Waals surface area contributed by atoms with E-state index in [1.54, 1.807) is 21.3 Å². The zero-order valence-electron chi connectivity index (χ0n) is 14.8. The molecule has 0 unspecified atom stereocenters. The van der Waals surface area contributed by atoms with E-state index in [-0.39, 0.29) is 6.04 Å². The maximum absolute atomic E-state index is 5.54. The van der Waals surface area contributed by atoms with E-state index in [1.807, 2.05) is 0 Å². The summed E-state index contributed by atoms with van der Waals surface area (Å²) in [6.45, 7) is 0. The van der Waals surface area contributed by atoms with Crippen LogP contribution < -0.4 is 19.5 Å². The summed E-state index contributed by atoms with van der Waals surface area (Å²) < 4.78 is 16.5. The van der Waals surface area contributed by atoms with Crippen molar-refractivity contribution in [3.63, 3.8) is 0 Å². The molecule has 0 amide bonds. The van der Waals surface area contributed by atoms with Gasteiger partial charge in [0.2, 0.25) is 5.75 Å². The van der Waals surface area contributed by atoms with E-state index < -0.39 is 0 Å². The zero-order valence-corrected chi connectivity index (χ0v) is 14.8. The fourth-order valence-corrected chi connectivity index (χ4v) is 4.15. The minimum Gasteiger partial charge on any atom is -0.493 e. The lowest BCUT2D eigenvalue weighted by Crippen LogP contribution is -2.29. The van der Waals surface area contributed by atoms with Gasteiger partial charge in [-0.15, -0.1) is 0 Å². The number of benzene rings is 2. The van der Waals surface area contributed by atoms with Gasteiger partial charge in [-0.1, -0.05) is 30.4 Å². The summed E-state index contributed by atoms with van der Waals surface area (Å²) in [6, 6.07) is 12.9. The molecule has 0 saturated carbocycles. The van der Waals surface area contributed by atoms with Crippen LogP contribution >= 0.6 is 0 Å². The number of rotatable bonds is 4. The van der Waals surface area contributed by atoms with Crippen molar-refractivity contribution in [2.45, 2.75) is 18.4 Å². The van der Waals surface area contributed by atoms with Crippen LogP contribution in [-0.4, -0.2) is 21.3 Å². The summed E-state index contributed by atoms with van der Waals surface area (Å²) in [5.41, 5.74) is 3.74. The molecule has 2 aromatic carbocycles. The maximum Gasteiger partial charge on any atom is 0.203 e. The smallest absolute Gasteiger partial charge is 0.203 e. The molecule has 1 heterocycles. The fraction of sp³-hybridized carbons (Fsp3) is 0.333.